The van der Waals surface area contributed by atoms with Crippen LogP contribution in [0.4, 0.5) is 0 Å². The standard InChI is InChI=1S/C18H16ClNO3S2/c19-12-3-5-13(6-4-12)23-11-17(21)20-10-14-7-8-16(25-14)18(22)15-2-1-9-24-15/h1-9,18,22H,10-11H2,(H,20,21)/t18-/m0/s1. The number of nitrogens with one attached hydrogen (secondary N) is 1. The zero-order valence-electron chi connectivity index (χ0n) is 13.1. The molecular formula is C18H16ClNO3S2. The van der Waals surface area contributed by atoms with Crippen molar-refractivity contribution in [3.05, 3.63) is 73.6 Å². The number of ether oxygens (including phenoxy) is 1. The van der Waals surface area contributed by atoms with Gasteiger partial charge in [-0.1, -0.05) is 17.7 Å². The molecule has 0 spiro atoms. The first-order chi connectivity index (χ1) is 12.1. The number of carbonyl (C=O) groups excluding carboxylic acids is 1. The van der Waals surface area contributed by atoms with Gasteiger partial charge < -0.3 is 15.2 Å². The second-order valence-corrected chi connectivity index (χ2v) is 7.86. The van der Waals surface area contributed by atoms with E-state index in [-0.39, 0.29) is 12.5 Å². The Balaban J connectivity index is 1.47. The summed E-state index contributed by atoms with van der Waals surface area (Å²) in [6.45, 7) is 0.350. The van der Waals surface area contributed by atoms with Crippen LogP contribution in [0.5, 0.6) is 5.75 Å². The van der Waals surface area contributed by atoms with Crippen LogP contribution in [0, 0.1) is 0 Å². The Hall–Kier alpha value is -1.86. The van der Waals surface area contributed by atoms with E-state index >= 15 is 0 Å². The molecule has 0 aliphatic rings. The van der Waals surface area contributed by atoms with E-state index in [9.17, 15) is 9.90 Å². The molecule has 7 heteroatoms. The van der Waals surface area contributed by atoms with Gasteiger partial charge in [-0.05, 0) is 47.8 Å². The minimum Gasteiger partial charge on any atom is -0.484 e. The Morgan fingerprint density at radius 1 is 1.16 bits per heavy atom. The summed E-state index contributed by atoms with van der Waals surface area (Å²) in [7, 11) is 0. The molecule has 1 aromatic carbocycles. The molecule has 3 aromatic rings. The van der Waals surface area contributed by atoms with Crippen molar-refractivity contribution >= 4 is 40.2 Å². The molecule has 2 heterocycles. The topological polar surface area (TPSA) is 58.6 Å². The van der Waals surface area contributed by atoms with E-state index < -0.39 is 6.10 Å². The molecule has 0 radical (unpaired) electrons. The fourth-order valence-corrected chi connectivity index (χ4v) is 4.03. The lowest BCUT2D eigenvalue weighted by Gasteiger charge is -2.07. The molecule has 0 bridgehead atoms. The first-order valence-electron chi connectivity index (χ1n) is 7.57. The van der Waals surface area contributed by atoms with Crippen LogP contribution < -0.4 is 10.1 Å². The zero-order valence-corrected chi connectivity index (χ0v) is 15.5. The second-order valence-electron chi connectivity index (χ2n) is 5.24. The molecule has 0 saturated heterocycles. The first-order valence-corrected chi connectivity index (χ1v) is 9.64. The lowest BCUT2D eigenvalue weighted by molar-refractivity contribution is -0.123. The predicted molar refractivity (Wildman–Crippen MR) is 101 cm³/mol. The lowest BCUT2D eigenvalue weighted by Crippen LogP contribution is -2.28. The van der Waals surface area contributed by atoms with E-state index in [0.717, 1.165) is 14.6 Å². The monoisotopic (exact) mass is 393 g/mol. The summed E-state index contributed by atoms with van der Waals surface area (Å²) in [5.74, 6) is 0.390. The van der Waals surface area contributed by atoms with E-state index in [4.69, 9.17) is 16.3 Å². The van der Waals surface area contributed by atoms with Crippen LogP contribution >= 0.6 is 34.3 Å². The van der Waals surface area contributed by atoms with E-state index in [1.165, 1.54) is 22.7 Å². The summed E-state index contributed by atoms with van der Waals surface area (Å²) in [6.07, 6.45) is -0.609. The number of hydrogen-bond donors (Lipinski definition) is 2. The number of benzene rings is 1. The summed E-state index contributed by atoms with van der Waals surface area (Å²) in [6, 6.07) is 14.5. The molecule has 0 aliphatic heterocycles. The van der Waals surface area contributed by atoms with Crippen LogP contribution in [0.1, 0.15) is 20.7 Å². The van der Waals surface area contributed by atoms with Crippen LogP contribution in [-0.2, 0) is 11.3 Å². The minimum absolute atomic E-state index is 0.0579. The molecule has 25 heavy (non-hydrogen) atoms. The smallest absolute Gasteiger partial charge is 0.258 e. The Bertz CT molecular complexity index is 815. The highest BCUT2D eigenvalue weighted by Crippen LogP contribution is 2.30. The number of aliphatic hydroxyl groups is 1. The summed E-state index contributed by atoms with van der Waals surface area (Å²) in [4.78, 5) is 14.6. The van der Waals surface area contributed by atoms with Crippen LogP contribution in [0.25, 0.3) is 0 Å². The molecule has 1 amide bonds. The van der Waals surface area contributed by atoms with Gasteiger partial charge in [0.1, 0.15) is 11.9 Å². The van der Waals surface area contributed by atoms with Crippen LogP contribution in [0.3, 0.4) is 0 Å². The molecule has 0 aliphatic carbocycles. The number of carbonyl (C=O) groups is 1. The molecule has 2 aromatic heterocycles. The van der Waals surface area contributed by atoms with Gasteiger partial charge in [0.05, 0.1) is 6.54 Å². The molecular weight excluding hydrogens is 378 g/mol. The van der Waals surface area contributed by atoms with E-state index in [0.29, 0.717) is 17.3 Å². The number of aliphatic hydroxyl groups excluding tert-OH is 1. The molecule has 0 fully saturated rings. The quantitative estimate of drug-likeness (QED) is 0.631. The summed E-state index contributed by atoms with van der Waals surface area (Å²) in [5.41, 5.74) is 0. The summed E-state index contributed by atoms with van der Waals surface area (Å²) in [5, 5.41) is 15.7. The average Bonchev–Trinajstić information content (AvgIpc) is 3.30. The van der Waals surface area contributed by atoms with Crippen molar-refractivity contribution in [1.82, 2.24) is 5.32 Å². The largest absolute Gasteiger partial charge is 0.484 e. The number of amides is 1. The van der Waals surface area contributed by atoms with E-state index in [1.807, 2.05) is 29.6 Å². The van der Waals surface area contributed by atoms with E-state index in [2.05, 4.69) is 5.32 Å². The van der Waals surface area contributed by atoms with Gasteiger partial charge in [-0.3, -0.25) is 4.79 Å². The SMILES string of the molecule is O=C(COc1ccc(Cl)cc1)NCc1ccc([C@@H](O)c2cccs2)s1. The Kier molecular flexibility index (Phi) is 6.09. The minimum atomic E-state index is -0.609. The van der Waals surface area contributed by atoms with Gasteiger partial charge in [0.2, 0.25) is 0 Å². The normalized spacial score (nSPS) is 11.9. The Morgan fingerprint density at radius 3 is 2.68 bits per heavy atom. The first kappa shape index (κ1) is 17.9. The molecule has 0 saturated carbocycles. The van der Waals surface area contributed by atoms with Crippen molar-refractivity contribution in [2.45, 2.75) is 12.6 Å². The maximum Gasteiger partial charge on any atom is 0.258 e. The fourth-order valence-electron chi connectivity index (χ4n) is 2.14. The van der Waals surface area contributed by atoms with Crippen molar-refractivity contribution in [3.8, 4) is 5.75 Å². The molecule has 2 N–H and O–H groups in total. The van der Waals surface area contributed by atoms with Crippen molar-refractivity contribution < 1.29 is 14.6 Å². The number of halogens is 1. The highest BCUT2D eigenvalue weighted by molar-refractivity contribution is 7.12. The van der Waals surface area contributed by atoms with Crippen molar-refractivity contribution in [2.24, 2.45) is 0 Å². The molecule has 4 nitrogen and oxygen atoms in total. The Labute approximate surface area is 158 Å². The van der Waals surface area contributed by atoms with Gasteiger partial charge in [0, 0.05) is 19.7 Å². The molecule has 1 atom stereocenters. The predicted octanol–water partition coefficient (Wildman–Crippen LogP) is 4.24. The summed E-state index contributed by atoms with van der Waals surface area (Å²) >= 11 is 8.80. The number of rotatable bonds is 7. The van der Waals surface area contributed by atoms with Gasteiger partial charge in [-0.15, -0.1) is 22.7 Å². The maximum absolute atomic E-state index is 11.9. The van der Waals surface area contributed by atoms with Gasteiger partial charge in [-0.25, -0.2) is 0 Å². The lowest BCUT2D eigenvalue weighted by atomic mass is 10.2. The molecule has 130 valence electrons. The van der Waals surface area contributed by atoms with Gasteiger partial charge in [0.15, 0.2) is 6.61 Å². The third kappa shape index (κ3) is 5.06. The molecule has 3 rings (SSSR count). The van der Waals surface area contributed by atoms with E-state index in [1.54, 1.807) is 24.3 Å². The fraction of sp³-hybridized carbons (Fsp3) is 0.167. The van der Waals surface area contributed by atoms with Crippen LogP contribution in [0.15, 0.2) is 53.9 Å². The average molecular weight is 394 g/mol. The Morgan fingerprint density at radius 2 is 1.96 bits per heavy atom. The van der Waals surface area contributed by atoms with Crippen molar-refractivity contribution in [3.63, 3.8) is 0 Å². The highest BCUT2D eigenvalue weighted by atomic mass is 35.5. The van der Waals surface area contributed by atoms with Crippen LogP contribution in [-0.4, -0.2) is 17.6 Å². The van der Waals surface area contributed by atoms with Crippen LogP contribution in [0.2, 0.25) is 5.02 Å². The number of thiophene rings is 2. The third-order valence-corrected chi connectivity index (χ3v) is 5.72. The maximum atomic E-state index is 11.9. The van der Waals surface area contributed by atoms with Crippen molar-refractivity contribution in [1.29, 1.82) is 0 Å². The van der Waals surface area contributed by atoms with Gasteiger partial charge in [-0.2, -0.15) is 0 Å². The van der Waals surface area contributed by atoms with Crippen molar-refractivity contribution in [2.75, 3.05) is 6.61 Å². The zero-order chi connectivity index (χ0) is 17.6. The van der Waals surface area contributed by atoms with Gasteiger partial charge >= 0.3 is 0 Å². The second kappa shape index (κ2) is 8.49. The van der Waals surface area contributed by atoms with Gasteiger partial charge in [0.25, 0.3) is 5.91 Å². The third-order valence-electron chi connectivity index (χ3n) is 3.41. The molecule has 0 unspecified atom stereocenters. The number of hydrogen-bond acceptors (Lipinski definition) is 5. The highest BCUT2D eigenvalue weighted by Gasteiger charge is 2.14. The summed E-state index contributed by atoms with van der Waals surface area (Å²) < 4.78 is 5.40.